The fourth-order valence-electron chi connectivity index (χ4n) is 6.31. The number of aromatic amines is 1. The zero-order valence-electron chi connectivity index (χ0n) is 24.1. The third-order valence-corrected chi connectivity index (χ3v) is 8.61. The third kappa shape index (κ3) is 6.55. The number of fused-ring (bicyclic) bond motifs is 1. The van der Waals surface area contributed by atoms with Crippen LogP contribution in [0, 0.1) is 10.1 Å². The average molecular weight is 566 g/mol. The molecule has 2 aliphatic heterocycles. The second kappa shape index (κ2) is 12.9. The predicted octanol–water partition coefficient (Wildman–Crippen LogP) is 6.97. The van der Waals surface area contributed by atoms with Crippen molar-refractivity contribution in [2.45, 2.75) is 51.5 Å². The number of rotatable bonds is 10. The van der Waals surface area contributed by atoms with Gasteiger partial charge in [-0.3, -0.25) is 15.0 Å². The van der Waals surface area contributed by atoms with Crippen molar-refractivity contribution in [2.75, 3.05) is 32.7 Å². The molecule has 6 rings (SSSR count). The highest BCUT2D eigenvalue weighted by Crippen LogP contribution is 2.34. The maximum atomic E-state index is 11.6. The lowest BCUT2D eigenvalue weighted by Crippen LogP contribution is -2.30. The lowest BCUT2D eigenvalue weighted by atomic mass is 9.98. The predicted molar refractivity (Wildman–Crippen MR) is 168 cm³/mol. The van der Waals surface area contributed by atoms with E-state index >= 15 is 0 Å². The van der Waals surface area contributed by atoms with Crippen molar-refractivity contribution in [3.05, 3.63) is 99.1 Å². The van der Waals surface area contributed by atoms with E-state index in [2.05, 4.69) is 39.0 Å². The number of likely N-dealkylation sites (tertiary alicyclic amines) is 2. The standard InChI is InChI=1S/C34H39N5O3/c40-34-32(30-23-29(39(41)42)16-17-31(30)36-34)33(35-28-14-10-26(11-15-28)24-38-20-4-5-21-38)27-12-8-25(9-13-27)7-6-22-37-18-2-1-3-19-37/h8-17,23,36,40H,1-7,18-22,24H2. The second-order valence-corrected chi connectivity index (χ2v) is 11.6. The van der Waals surface area contributed by atoms with Crippen molar-refractivity contribution in [2.24, 2.45) is 4.99 Å². The molecule has 2 saturated heterocycles. The zero-order chi connectivity index (χ0) is 28.9. The number of hydrogen-bond donors (Lipinski definition) is 2. The second-order valence-electron chi connectivity index (χ2n) is 11.6. The highest BCUT2D eigenvalue weighted by atomic mass is 16.6. The molecule has 0 bridgehead atoms. The molecule has 42 heavy (non-hydrogen) atoms. The van der Waals surface area contributed by atoms with Crippen molar-refractivity contribution >= 4 is 28.0 Å². The number of nitrogens with one attached hydrogen (secondary N) is 1. The Morgan fingerprint density at radius 3 is 2.24 bits per heavy atom. The van der Waals surface area contributed by atoms with Gasteiger partial charge in [-0.1, -0.05) is 42.8 Å². The molecule has 2 N–H and O–H groups in total. The van der Waals surface area contributed by atoms with Gasteiger partial charge in [0.15, 0.2) is 5.88 Å². The quantitative estimate of drug-likeness (QED) is 0.123. The monoisotopic (exact) mass is 565 g/mol. The highest BCUT2D eigenvalue weighted by molar-refractivity contribution is 6.22. The van der Waals surface area contributed by atoms with Crippen LogP contribution in [0.1, 0.15) is 60.8 Å². The van der Waals surface area contributed by atoms with Gasteiger partial charge in [0.1, 0.15) is 0 Å². The normalized spacial score (nSPS) is 16.8. The Labute approximate surface area is 246 Å². The summed E-state index contributed by atoms with van der Waals surface area (Å²) in [6.45, 7) is 6.77. The Bertz CT molecular complexity index is 1550. The number of benzene rings is 3. The molecule has 8 nitrogen and oxygen atoms in total. The van der Waals surface area contributed by atoms with E-state index in [1.165, 1.54) is 68.5 Å². The van der Waals surface area contributed by atoms with Gasteiger partial charge in [-0.15, -0.1) is 0 Å². The number of nitro benzene ring substituents is 1. The minimum absolute atomic E-state index is 0.0302. The molecule has 0 aliphatic carbocycles. The summed E-state index contributed by atoms with van der Waals surface area (Å²) in [7, 11) is 0. The topological polar surface area (TPSA) is 98.0 Å². The Kier molecular flexibility index (Phi) is 8.63. The highest BCUT2D eigenvalue weighted by Gasteiger charge is 2.21. The lowest BCUT2D eigenvalue weighted by Gasteiger charge is -2.26. The van der Waals surface area contributed by atoms with E-state index in [1.54, 1.807) is 6.07 Å². The molecule has 1 aromatic heterocycles. The van der Waals surface area contributed by atoms with E-state index in [9.17, 15) is 15.2 Å². The molecule has 2 fully saturated rings. The Morgan fingerprint density at radius 2 is 1.52 bits per heavy atom. The summed E-state index contributed by atoms with van der Waals surface area (Å²) in [5.74, 6) is -0.0551. The summed E-state index contributed by atoms with van der Waals surface area (Å²) in [5.41, 5.74) is 5.75. The molecule has 0 radical (unpaired) electrons. The van der Waals surface area contributed by atoms with E-state index in [4.69, 9.17) is 4.99 Å². The summed E-state index contributed by atoms with van der Waals surface area (Å²) in [5, 5.41) is 23.2. The number of aromatic hydroxyl groups is 1. The van der Waals surface area contributed by atoms with Crippen molar-refractivity contribution in [1.29, 1.82) is 0 Å². The number of nitro groups is 1. The number of nitrogens with zero attached hydrogens (tertiary/aromatic N) is 4. The van der Waals surface area contributed by atoms with Crippen molar-refractivity contribution < 1.29 is 10.0 Å². The van der Waals surface area contributed by atoms with Gasteiger partial charge in [0, 0.05) is 35.1 Å². The molecule has 0 amide bonds. The van der Waals surface area contributed by atoms with Crippen LogP contribution >= 0.6 is 0 Å². The number of non-ortho nitro benzene ring substituents is 1. The first-order valence-corrected chi connectivity index (χ1v) is 15.2. The molecular weight excluding hydrogens is 526 g/mol. The van der Waals surface area contributed by atoms with Gasteiger partial charge in [0.05, 0.1) is 21.9 Å². The Hall–Kier alpha value is -4.01. The van der Waals surface area contributed by atoms with Crippen LogP contribution in [-0.2, 0) is 13.0 Å². The average Bonchev–Trinajstić information content (AvgIpc) is 3.64. The first kappa shape index (κ1) is 28.1. The third-order valence-electron chi connectivity index (χ3n) is 8.61. The molecular formula is C34H39N5O3. The van der Waals surface area contributed by atoms with Crippen LogP contribution in [0.3, 0.4) is 0 Å². The van der Waals surface area contributed by atoms with E-state index in [0.29, 0.717) is 22.2 Å². The molecule has 8 heteroatoms. The van der Waals surface area contributed by atoms with Crippen LogP contribution in [0.25, 0.3) is 10.9 Å². The minimum atomic E-state index is -0.415. The number of hydrogen-bond acceptors (Lipinski definition) is 6. The van der Waals surface area contributed by atoms with Crippen LogP contribution in [-0.4, -0.2) is 63.2 Å². The fourth-order valence-corrected chi connectivity index (χ4v) is 6.31. The number of aliphatic imine (C=N–C) groups is 1. The lowest BCUT2D eigenvalue weighted by molar-refractivity contribution is -0.384. The SMILES string of the molecule is O=[N+]([O-])c1ccc2[nH]c(O)c(C(=Nc3ccc(CN4CCCC4)cc3)c3ccc(CCCN4CCCCC4)cc3)c2c1. The van der Waals surface area contributed by atoms with Crippen LogP contribution in [0.15, 0.2) is 71.7 Å². The van der Waals surface area contributed by atoms with E-state index in [-0.39, 0.29) is 11.6 Å². The first-order chi connectivity index (χ1) is 20.5. The molecule has 2 aliphatic rings. The van der Waals surface area contributed by atoms with Crippen LogP contribution < -0.4 is 0 Å². The first-order valence-electron chi connectivity index (χ1n) is 15.2. The minimum Gasteiger partial charge on any atom is -0.494 e. The largest absolute Gasteiger partial charge is 0.494 e. The van der Waals surface area contributed by atoms with Gasteiger partial charge < -0.3 is 15.0 Å². The number of aryl methyl sites for hydroxylation is 1. The van der Waals surface area contributed by atoms with Crippen molar-refractivity contribution in [3.63, 3.8) is 0 Å². The summed E-state index contributed by atoms with van der Waals surface area (Å²) in [6.07, 6.45) is 8.61. The van der Waals surface area contributed by atoms with E-state index in [0.717, 1.165) is 50.3 Å². The summed E-state index contributed by atoms with van der Waals surface area (Å²) >= 11 is 0. The Balaban J connectivity index is 1.30. The summed E-state index contributed by atoms with van der Waals surface area (Å²) < 4.78 is 0. The molecule has 3 aromatic carbocycles. The van der Waals surface area contributed by atoms with Crippen LogP contribution in [0.4, 0.5) is 11.4 Å². The van der Waals surface area contributed by atoms with Gasteiger partial charge in [0.25, 0.3) is 5.69 Å². The van der Waals surface area contributed by atoms with Gasteiger partial charge in [-0.25, -0.2) is 4.99 Å². The van der Waals surface area contributed by atoms with Gasteiger partial charge >= 0.3 is 0 Å². The molecule has 3 heterocycles. The number of H-pyrrole nitrogens is 1. The zero-order valence-corrected chi connectivity index (χ0v) is 24.1. The van der Waals surface area contributed by atoms with Crippen molar-refractivity contribution in [1.82, 2.24) is 14.8 Å². The van der Waals surface area contributed by atoms with E-state index < -0.39 is 4.92 Å². The molecule has 0 saturated carbocycles. The molecule has 218 valence electrons. The van der Waals surface area contributed by atoms with Gasteiger partial charge in [-0.2, -0.15) is 0 Å². The van der Waals surface area contributed by atoms with Gasteiger partial charge in [0.2, 0.25) is 0 Å². The smallest absolute Gasteiger partial charge is 0.270 e. The fraction of sp³-hybridized carbons (Fsp3) is 0.382. The molecule has 0 unspecified atom stereocenters. The molecule has 0 atom stereocenters. The van der Waals surface area contributed by atoms with Gasteiger partial charge in [-0.05, 0) is 101 Å². The van der Waals surface area contributed by atoms with Crippen LogP contribution in [0.5, 0.6) is 5.88 Å². The van der Waals surface area contributed by atoms with E-state index in [1.807, 2.05) is 24.3 Å². The molecule has 0 spiro atoms. The van der Waals surface area contributed by atoms with Crippen molar-refractivity contribution in [3.8, 4) is 5.88 Å². The maximum absolute atomic E-state index is 11.6. The maximum Gasteiger partial charge on any atom is 0.270 e. The summed E-state index contributed by atoms with van der Waals surface area (Å²) in [4.78, 5) is 24.2. The number of piperidine rings is 1. The molecule has 4 aromatic rings. The number of aromatic nitrogens is 1. The Morgan fingerprint density at radius 1 is 0.857 bits per heavy atom. The van der Waals surface area contributed by atoms with Crippen LogP contribution in [0.2, 0.25) is 0 Å². The summed E-state index contributed by atoms with van der Waals surface area (Å²) in [6, 6.07) is 21.2.